The minimum atomic E-state index is -0.671. The molecule has 16 heavy (non-hydrogen) atoms. The van der Waals surface area contributed by atoms with Crippen LogP contribution in [-0.2, 0) is 0 Å². The highest BCUT2D eigenvalue weighted by Gasteiger charge is 2.15. The monoisotopic (exact) mass is 217 g/mol. The summed E-state index contributed by atoms with van der Waals surface area (Å²) in [6.07, 6.45) is 5.12. The van der Waals surface area contributed by atoms with E-state index in [9.17, 15) is 9.18 Å². The third kappa shape index (κ3) is 1.75. The Morgan fingerprint density at radius 3 is 2.50 bits per heavy atom. The smallest absolute Gasteiger partial charge is 0.199 e. The molecule has 0 bridgehead atoms. The Labute approximate surface area is 91.0 Å². The van der Waals surface area contributed by atoms with E-state index in [1.54, 1.807) is 0 Å². The zero-order valence-corrected chi connectivity index (χ0v) is 8.22. The summed E-state index contributed by atoms with van der Waals surface area (Å²) in [5.41, 5.74) is 6.01. The number of aromatic nitrogens is 2. The molecule has 0 aliphatic heterocycles. The number of hydrogen-bond acceptors (Lipinski definition) is 4. The number of anilines is 1. The van der Waals surface area contributed by atoms with Crippen LogP contribution in [0, 0.1) is 5.82 Å². The average Bonchev–Trinajstić information content (AvgIpc) is 2.29. The Morgan fingerprint density at radius 1 is 1.12 bits per heavy atom. The molecule has 0 amide bonds. The fourth-order valence-corrected chi connectivity index (χ4v) is 1.30. The first-order chi connectivity index (χ1) is 7.70. The lowest BCUT2D eigenvalue weighted by Crippen LogP contribution is -2.08. The molecular weight excluding hydrogens is 209 g/mol. The Kier molecular flexibility index (Phi) is 2.59. The van der Waals surface area contributed by atoms with E-state index in [1.807, 2.05) is 0 Å². The largest absolute Gasteiger partial charge is 0.398 e. The van der Waals surface area contributed by atoms with Gasteiger partial charge in [0.2, 0.25) is 0 Å². The zero-order chi connectivity index (χ0) is 11.5. The fourth-order valence-electron chi connectivity index (χ4n) is 1.30. The van der Waals surface area contributed by atoms with Crippen LogP contribution in [0.15, 0.2) is 36.9 Å². The molecule has 2 aromatic rings. The molecule has 5 heteroatoms. The predicted octanol–water partition coefficient (Wildman–Crippen LogP) is 1.43. The van der Waals surface area contributed by atoms with Crippen LogP contribution in [0.4, 0.5) is 10.1 Å². The third-order valence-electron chi connectivity index (χ3n) is 2.12. The van der Waals surface area contributed by atoms with Crippen molar-refractivity contribution in [2.45, 2.75) is 0 Å². The van der Waals surface area contributed by atoms with E-state index in [-0.39, 0.29) is 16.8 Å². The fraction of sp³-hybridized carbons (Fsp3) is 0. The molecule has 0 aliphatic carbocycles. The minimum Gasteiger partial charge on any atom is -0.398 e. The van der Waals surface area contributed by atoms with E-state index >= 15 is 0 Å². The van der Waals surface area contributed by atoms with Crippen molar-refractivity contribution in [2.24, 2.45) is 0 Å². The first-order valence-electron chi connectivity index (χ1n) is 4.54. The number of nitrogens with two attached hydrogens (primary N) is 1. The number of halogens is 1. The van der Waals surface area contributed by atoms with Gasteiger partial charge in [-0.05, 0) is 12.1 Å². The summed E-state index contributed by atoms with van der Waals surface area (Å²) >= 11 is 0. The van der Waals surface area contributed by atoms with Gasteiger partial charge in [0.15, 0.2) is 11.6 Å². The highest BCUT2D eigenvalue weighted by Crippen LogP contribution is 2.16. The van der Waals surface area contributed by atoms with Gasteiger partial charge in [0.25, 0.3) is 0 Å². The van der Waals surface area contributed by atoms with E-state index in [2.05, 4.69) is 9.97 Å². The molecule has 0 atom stereocenters. The quantitative estimate of drug-likeness (QED) is 0.772. The van der Waals surface area contributed by atoms with E-state index < -0.39 is 11.6 Å². The Bertz CT molecular complexity index is 495. The summed E-state index contributed by atoms with van der Waals surface area (Å²) in [6, 6.07) is 2.80. The molecule has 2 heterocycles. The van der Waals surface area contributed by atoms with Gasteiger partial charge in [-0.1, -0.05) is 0 Å². The second-order valence-corrected chi connectivity index (χ2v) is 3.15. The van der Waals surface area contributed by atoms with Crippen molar-refractivity contribution in [1.82, 2.24) is 9.97 Å². The summed E-state index contributed by atoms with van der Waals surface area (Å²) in [4.78, 5) is 19.3. The van der Waals surface area contributed by atoms with Crippen LogP contribution < -0.4 is 5.73 Å². The molecule has 2 rings (SSSR count). The lowest BCUT2D eigenvalue weighted by atomic mass is 10.0. The number of nitrogens with zero attached hydrogens (tertiary/aromatic N) is 2. The van der Waals surface area contributed by atoms with Gasteiger partial charge in [-0.15, -0.1) is 0 Å². The van der Waals surface area contributed by atoms with Crippen LogP contribution in [-0.4, -0.2) is 15.8 Å². The standard InChI is InChI=1S/C11H8FN3O/c12-9-6-15-3-1-7(9)11(16)8-5-14-4-2-10(8)13/h1-6H,(H2,13,14). The topological polar surface area (TPSA) is 68.9 Å². The SMILES string of the molecule is Nc1ccncc1C(=O)c1ccncc1F. The summed E-state index contributed by atoms with van der Waals surface area (Å²) in [7, 11) is 0. The van der Waals surface area contributed by atoms with Crippen LogP contribution >= 0.6 is 0 Å². The molecule has 80 valence electrons. The van der Waals surface area contributed by atoms with E-state index in [4.69, 9.17) is 5.73 Å². The highest BCUT2D eigenvalue weighted by atomic mass is 19.1. The maximum Gasteiger partial charge on any atom is 0.199 e. The summed E-state index contributed by atoms with van der Waals surface area (Å²) in [5.74, 6) is -1.17. The molecule has 0 aliphatic rings. The first kappa shape index (κ1) is 10.2. The van der Waals surface area contributed by atoms with Crippen molar-refractivity contribution in [3.63, 3.8) is 0 Å². The molecule has 0 spiro atoms. The molecule has 0 radical (unpaired) electrons. The lowest BCUT2D eigenvalue weighted by Gasteiger charge is -2.04. The molecule has 0 saturated carbocycles. The molecular formula is C11H8FN3O. The number of carbonyl (C=O) groups is 1. The molecule has 0 saturated heterocycles. The normalized spacial score (nSPS) is 10.1. The lowest BCUT2D eigenvalue weighted by molar-refractivity contribution is 0.103. The maximum absolute atomic E-state index is 13.3. The third-order valence-corrected chi connectivity index (χ3v) is 2.12. The van der Waals surface area contributed by atoms with Crippen LogP contribution in [0.3, 0.4) is 0 Å². The summed E-state index contributed by atoms with van der Waals surface area (Å²) in [6.45, 7) is 0. The van der Waals surface area contributed by atoms with Gasteiger partial charge in [0.1, 0.15) is 0 Å². The number of rotatable bonds is 2. The van der Waals surface area contributed by atoms with Crippen molar-refractivity contribution >= 4 is 11.5 Å². The highest BCUT2D eigenvalue weighted by molar-refractivity contribution is 6.11. The number of nitrogen functional groups attached to an aromatic ring is 1. The number of hydrogen-bond donors (Lipinski definition) is 1. The van der Waals surface area contributed by atoms with E-state index in [0.717, 1.165) is 6.20 Å². The first-order valence-corrected chi connectivity index (χ1v) is 4.54. The number of carbonyl (C=O) groups excluding carboxylic acids is 1. The Hall–Kier alpha value is -2.30. The van der Waals surface area contributed by atoms with Crippen LogP contribution in [0.1, 0.15) is 15.9 Å². The molecule has 0 aromatic carbocycles. The summed E-state index contributed by atoms with van der Waals surface area (Å²) in [5, 5.41) is 0. The Morgan fingerprint density at radius 2 is 1.81 bits per heavy atom. The van der Waals surface area contributed by atoms with E-state index in [0.29, 0.717) is 0 Å². The van der Waals surface area contributed by atoms with Crippen LogP contribution in [0.5, 0.6) is 0 Å². The van der Waals surface area contributed by atoms with Gasteiger partial charge in [-0.3, -0.25) is 14.8 Å². The van der Waals surface area contributed by atoms with Crippen molar-refractivity contribution < 1.29 is 9.18 Å². The van der Waals surface area contributed by atoms with Gasteiger partial charge in [0, 0.05) is 24.3 Å². The summed E-state index contributed by atoms with van der Waals surface area (Å²) < 4.78 is 13.3. The zero-order valence-electron chi connectivity index (χ0n) is 8.22. The van der Waals surface area contributed by atoms with Crippen LogP contribution in [0.25, 0.3) is 0 Å². The Balaban J connectivity index is 2.48. The van der Waals surface area contributed by atoms with Crippen molar-refractivity contribution in [3.05, 3.63) is 53.9 Å². The molecule has 0 unspecified atom stereocenters. The number of pyridine rings is 2. The second-order valence-electron chi connectivity index (χ2n) is 3.15. The minimum absolute atomic E-state index is 0.0605. The van der Waals surface area contributed by atoms with Crippen LogP contribution in [0.2, 0.25) is 0 Å². The second kappa shape index (κ2) is 4.06. The predicted molar refractivity (Wildman–Crippen MR) is 56.3 cm³/mol. The molecule has 2 aromatic heterocycles. The van der Waals surface area contributed by atoms with Gasteiger partial charge < -0.3 is 5.73 Å². The van der Waals surface area contributed by atoms with Crippen molar-refractivity contribution in [1.29, 1.82) is 0 Å². The van der Waals surface area contributed by atoms with Gasteiger partial charge in [0.05, 0.1) is 17.3 Å². The average molecular weight is 217 g/mol. The number of ketones is 1. The van der Waals surface area contributed by atoms with Gasteiger partial charge in [-0.2, -0.15) is 0 Å². The van der Waals surface area contributed by atoms with Gasteiger partial charge in [-0.25, -0.2) is 4.39 Å². The van der Waals surface area contributed by atoms with E-state index in [1.165, 1.54) is 30.7 Å². The van der Waals surface area contributed by atoms with Crippen molar-refractivity contribution in [3.8, 4) is 0 Å². The molecule has 0 fully saturated rings. The van der Waals surface area contributed by atoms with Crippen molar-refractivity contribution in [2.75, 3.05) is 5.73 Å². The maximum atomic E-state index is 13.3. The van der Waals surface area contributed by atoms with Gasteiger partial charge >= 0.3 is 0 Å². The molecule has 2 N–H and O–H groups in total. The molecule has 4 nitrogen and oxygen atoms in total.